The van der Waals surface area contributed by atoms with Crippen molar-refractivity contribution in [2.75, 3.05) is 0 Å². The molecule has 1 aliphatic rings. The Morgan fingerprint density at radius 1 is 1.33 bits per heavy atom. The molecule has 0 saturated heterocycles. The van der Waals surface area contributed by atoms with Crippen LogP contribution in [0.4, 0.5) is 0 Å². The van der Waals surface area contributed by atoms with Gasteiger partial charge in [-0.2, -0.15) is 0 Å². The number of ketones is 2. The fourth-order valence-electron chi connectivity index (χ4n) is 1.77. The van der Waals surface area contributed by atoms with Gasteiger partial charge in [0.05, 0.1) is 5.92 Å². The molecule has 0 spiro atoms. The summed E-state index contributed by atoms with van der Waals surface area (Å²) in [5.74, 6) is 0.435. The first kappa shape index (κ1) is 12.2. The lowest BCUT2D eigenvalue weighted by atomic mass is 9.84. The summed E-state index contributed by atoms with van der Waals surface area (Å²) in [5, 5.41) is 0. The first-order valence-corrected chi connectivity index (χ1v) is 5.74. The van der Waals surface area contributed by atoms with Crippen molar-refractivity contribution in [3.05, 3.63) is 11.6 Å². The lowest BCUT2D eigenvalue weighted by molar-refractivity contribution is -0.135. The quantitative estimate of drug-likeness (QED) is 0.528. The van der Waals surface area contributed by atoms with Crippen molar-refractivity contribution in [3.8, 4) is 0 Å². The number of hydrogen-bond donors (Lipinski definition) is 0. The van der Waals surface area contributed by atoms with E-state index < -0.39 is 0 Å². The van der Waals surface area contributed by atoms with Gasteiger partial charge in [0, 0.05) is 12.8 Å². The van der Waals surface area contributed by atoms with E-state index in [4.69, 9.17) is 0 Å². The van der Waals surface area contributed by atoms with Crippen LogP contribution in [-0.4, -0.2) is 11.6 Å². The maximum atomic E-state index is 11.5. The van der Waals surface area contributed by atoms with Gasteiger partial charge in [0.15, 0.2) is 0 Å². The summed E-state index contributed by atoms with van der Waals surface area (Å²) in [6, 6.07) is 0. The van der Waals surface area contributed by atoms with Crippen LogP contribution in [0, 0.1) is 11.8 Å². The van der Waals surface area contributed by atoms with Crippen molar-refractivity contribution in [3.63, 3.8) is 0 Å². The Hall–Kier alpha value is -0.920. The first-order chi connectivity index (χ1) is 7.02. The van der Waals surface area contributed by atoms with E-state index in [-0.39, 0.29) is 17.5 Å². The van der Waals surface area contributed by atoms with Gasteiger partial charge in [0.25, 0.3) is 0 Å². The summed E-state index contributed by atoms with van der Waals surface area (Å²) in [6.07, 6.45) is 4.59. The minimum Gasteiger partial charge on any atom is -0.299 e. The smallest absolute Gasteiger partial charge is 0.143 e. The Labute approximate surface area is 91.7 Å². The van der Waals surface area contributed by atoms with Crippen LogP contribution in [0.3, 0.4) is 0 Å². The molecular formula is C13H20O2. The number of Topliss-reactive ketones (excluding diaryl/α,β-unsaturated/α-hetero) is 2. The van der Waals surface area contributed by atoms with Crippen LogP contribution in [0.15, 0.2) is 11.6 Å². The van der Waals surface area contributed by atoms with Crippen molar-refractivity contribution < 1.29 is 9.59 Å². The van der Waals surface area contributed by atoms with Crippen molar-refractivity contribution in [2.24, 2.45) is 11.8 Å². The fourth-order valence-corrected chi connectivity index (χ4v) is 1.77. The molecule has 1 fully saturated rings. The summed E-state index contributed by atoms with van der Waals surface area (Å²) in [4.78, 5) is 23.1. The highest BCUT2D eigenvalue weighted by Gasteiger charge is 2.28. The first-order valence-electron chi connectivity index (χ1n) is 5.74. The van der Waals surface area contributed by atoms with E-state index in [0.717, 1.165) is 6.42 Å². The zero-order valence-electron chi connectivity index (χ0n) is 9.88. The molecule has 0 unspecified atom stereocenters. The molecular weight excluding hydrogens is 188 g/mol. The minimum atomic E-state index is -0.340. The summed E-state index contributed by atoms with van der Waals surface area (Å²) >= 11 is 0. The molecule has 1 saturated carbocycles. The summed E-state index contributed by atoms with van der Waals surface area (Å²) in [7, 11) is 0. The Balaban J connectivity index is 2.60. The second-order valence-corrected chi connectivity index (χ2v) is 4.68. The van der Waals surface area contributed by atoms with Crippen molar-refractivity contribution in [1.29, 1.82) is 0 Å². The monoisotopic (exact) mass is 208 g/mol. The highest BCUT2D eigenvalue weighted by Crippen LogP contribution is 2.22. The number of carbonyl (C=O) groups is 2. The van der Waals surface area contributed by atoms with Crippen LogP contribution >= 0.6 is 0 Å². The molecule has 0 aromatic heterocycles. The van der Waals surface area contributed by atoms with Gasteiger partial charge >= 0.3 is 0 Å². The summed E-state index contributed by atoms with van der Waals surface area (Å²) < 4.78 is 0. The van der Waals surface area contributed by atoms with E-state index in [1.807, 2.05) is 0 Å². The molecule has 0 bridgehead atoms. The van der Waals surface area contributed by atoms with E-state index in [2.05, 4.69) is 26.8 Å². The zero-order valence-corrected chi connectivity index (χ0v) is 9.88. The molecule has 2 nitrogen and oxygen atoms in total. The molecule has 0 atom stereocenters. The largest absolute Gasteiger partial charge is 0.299 e. The number of hydrogen-bond acceptors (Lipinski definition) is 2. The minimum absolute atomic E-state index is 0.138. The molecule has 0 aromatic rings. The van der Waals surface area contributed by atoms with E-state index in [0.29, 0.717) is 25.2 Å². The number of rotatable bonds is 3. The third-order valence-corrected chi connectivity index (χ3v) is 3.21. The third kappa shape index (κ3) is 3.29. The van der Waals surface area contributed by atoms with Gasteiger partial charge < -0.3 is 0 Å². The van der Waals surface area contributed by atoms with Crippen LogP contribution in [-0.2, 0) is 9.59 Å². The van der Waals surface area contributed by atoms with Gasteiger partial charge in [-0.05, 0) is 25.7 Å². The molecule has 0 heterocycles. The molecule has 1 aliphatic carbocycles. The maximum Gasteiger partial charge on any atom is 0.143 e. The van der Waals surface area contributed by atoms with Crippen LogP contribution in [0.25, 0.3) is 0 Å². The molecule has 0 aliphatic heterocycles. The van der Waals surface area contributed by atoms with Crippen LogP contribution in [0.2, 0.25) is 0 Å². The van der Waals surface area contributed by atoms with E-state index in [9.17, 15) is 9.59 Å². The maximum absolute atomic E-state index is 11.5. The number of allylic oxidation sites excluding steroid dienone is 2. The highest BCUT2D eigenvalue weighted by molar-refractivity contribution is 6.04. The van der Waals surface area contributed by atoms with Gasteiger partial charge in [0.1, 0.15) is 11.6 Å². The van der Waals surface area contributed by atoms with Gasteiger partial charge in [-0.25, -0.2) is 0 Å². The lowest BCUT2D eigenvalue weighted by Gasteiger charge is -2.18. The van der Waals surface area contributed by atoms with Crippen LogP contribution in [0.1, 0.15) is 46.5 Å². The van der Waals surface area contributed by atoms with Gasteiger partial charge in [-0.1, -0.05) is 25.5 Å². The molecule has 0 amide bonds. The average Bonchev–Trinajstić information content (AvgIpc) is 2.16. The predicted octanol–water partition coefficient (Wildman–Crippen LogP) is 2.92. The topological polar surface area (TPSA) is 34.1 Å². The Bertz CT molecular complexity index is 271. The molecule has 84 valence electrons. The second kappa shape index (κ2) is 5.24. The molecule has 0 N–H and O–H groups in total. The van der Waals surface area contributed by atoms with Crippen LogP contribution in [0.5, 0.6) is 0 Å². The Morgan fingerprint density at radius 3 is 2.33 bits per heavy atom. The van der Waals surface area contributed by atoms with Crippen LogP contribution < -0.4 is 0 Å². The fraction of sp³-hybridized carbons (Fsp3) is 0.692. The molecule has 0 radical (unpaired) electrons. The highest BCUT2D eigenvalue weighted by atomic mass is 16.2. The van der Waals surface area contributed by atoms with Gasteiger partial charge in [-0.3, -0.25) is 9.59 Å². The van der Waals surface area contributed by atoms with E-state index in [1.54, 1.807) is 0 Å². The van der Waals surface area contributed by atoms with Crippen molar-refractivity contribution in [1.82, 2.24) is 0 Å². The molecule has 1 rings (SSSR count). The number of carbonyl (C=O) groups excluding carboxylic acids is 2. The predicted molar refractivity (Wildman–Crippen MR) is 60.6 cm³/mol. The molecule has 15 heavy (non-hydrogen) atoms. The van der Waals surface area contributed by atoms with E-state index in [1.165, 1.54) is 5.57 Å². The second-order valence-electron chi connectivity index (χ2n) is 4.68. The van der Waals surface area contributed by atoms with E-state index >= 15 is 0 Å². The van der Waals surface area contributed by atoms with Crippen molar-refractivity contribution in [2.45, 2.75) is 46.5 Å². The molecule has 2 heteroatoms. The summed E-state index contributed by atoms with van der Waals surface area (Å²) in [6.45, 7) is 6.30. The average molecular weight is 208 g/mol. The molecule has 0 aromatic carbocycles. The SMILES string of the molecule is C/C(=C\CC1C(=O)CCCC1=O)C(C)C. The zero-order chi connectivity index (χ0) is 11.4. The standard InChI is InChI=1S/C13H20O2/c1-9(2)10(3)7-8-11-12(14)5-4-6-13(11)15/h7,9,11H,4-6,8H2,1-3H3/b10-7+. The van der Waals surface area contributed by atoms with Gasteiger partial charge in [0.2, 0.25) is 0 Å². The lowest BCUT2D eigenvalue weighted by Crippen LogP contribution is -2.28. The third-order valence-electron chi connectivity index (χ3n) is 3.21. The van der Waals surface area contributed by atoms with Gasteiger partial charge in [-0.15, -0.1) is 0 Å². The van der Waals surface area contributed by atoms with Crippen molar-refractivity contribution >= 4 is 11.6 Å². The Kier molecular flexibility index (Phi) is 4.25. The Morgan fingerprint density at radius 2 is 1.87 bits per heavy atom. The summed E-state index contributed by atoms with van der Waals surface area (Å²) in [5.41, 5.74) is 1.26. The normalized spacial score (nSPS) is 20.1.